The number of aliphatic hydroxyl groups is 2. The molecule has 2 aromatic carbocycles. The monoisotopic (exact) mass is 412 g/mol. The fourth-order valence-electron chi connectivity index (χ4n) is 3.75. The predicted molar refractivity (Wildman–Crippen MR) is 114 cm³/mol. The van der Waals surface area contributed by atoms with Gasteiger partial charge in [-0.25, -0.2) is 0 Å². The van der Waals surface area contributed by atoms with E-state index in [1.54, 1.807) is 36.4 Å². The van der Waals surface area contributed by atoms with Crippen LogP contribution in [-0.4, -0.2) is 61.0 Å². The molecule has 0 amide bonds. The van der Waals surface area contributed by atoms with E-state index in [1.165, 1.54) is 0 Å². The van der Waals surface area contributed by atoms with E-state index in [2.05, 4.69) is 10.6 Å². The second-order valence-corrected chi connectivity index (χ2v) is 7.22. The molecule has 3 rings (SSSR count). The van der Waals surface area contributed by atoms with Crippen molar-refractivity contribution in [1.82, 2.24) is 10.6 Å². The van der Waals surface area contributed by atoms with Gasteiger partial charge in [-0.15, -0.1) is 0 Å². The summed E-state index contributed by atoms with van der Waals surface area (Å²) in [4.78, 5) is 26.7. The second-order valence-electron chi connectivity index (χ2n) is 7.22. The lowest BCUT2D eigenvalue weighted by Gasteiger charge is -2.25. The molecule has 160 valence electrons. The number of fused-ring (bicyclic) bond motifs is 2. The summed E-state index contributed by atoms with van der Waals surface area (Å²) in [5, 5.41) is 27.2. The quantitative estimate of drug-likeness (QED) is 0.247. The van der Waals surface area contributed by atoms with E-state index in [-0.39, 0.29) is 46.9 Å². The van der Waals surface area contributed by atoms with Gasteiger partial charge in [0.05, 0.1) is 12.2 Å². The molecule has 1 aliphatic carbocycles. The Hall–Kier alpha value is -2.46. The minimum atomic E-state index is -0.959. The average Bonchev–Trinajstić information content (AvgIpc) is 2.76. The van der Waals surface area contributed by atoms with Gasteiger partial charge in [0.25, 0.3) is 0 Å². The van der Waals surface area contributed by atoms with E-state index < -0.39 is 12.2 Å². The maximum atomic E-state index is 13.3. The molecule has 2 aromatic rings. The summed E-state index contributed by atoms with van der Waals surface area (Å²) in [6.45, 7) is 2.34. The Bertz CT molecular complexity index is 856. The molecule has 1 aliphatic rings. The number of hydrogen-bond acceptors (Lipinski definition) is 8. The van der Waals surface area contributed by atoms with Crippen molar-refractivity contribution in [2.24, 2.45) is 11.5 Å². The number of ketones is 2. The third-order valence-electron chi connectivity index (χ3n) is 5.17. The van der Waals surface area contributed by atoms with Crippen molar-refractivity contribution in [3.8, 4) is 0 Å². The van der Waals surface area contributed by atoms with Gasteiger partial charge in [0.15, 0.2) is 11.6 Å². The Morgan fingerprint density at radius 3 is 1.50 bits per heavy atom. The Morgan fingerprint density at radius 2 is 1.13 bits per heavy atom. The smallest absolute Gasteiger partial charge is 0.194 e. The van der Waals surface area contributed by atoms with Gasteiger partial charge in [0.2, 0.25) is 0 Å². The number of nitrogens with two attached hydrogens (primary N) is 2. The van der Waals surface area contributed by atoms with Crippen LogP contribution in [-0.2, 0) is 0 Å². The molecule has 2 atom stereocenters. The molecule has 30 heavy (non-hydrogen) atoms. The van der Waals surface area contributed by atoms with E-state index in [9.17, 15) is 19.8 Å². The molecule has 0 fully saturated rings. The van der Waals surface area contributed by atoms with Crippen LogP contribution in [0.15, 0.2) is 36.4 Å². The zero-order valence-corrected chi connectivity index (χ0v) is 16.7. The van der Waals surface area contributed by atoms with Crippen molar-refractivity contribution in [2.75, 3.05) is 39.3 Å². The van der Waals surface area contributed by atoms with Crippen LogP contribution in [0.25, 0.3) is 0 Å². The van der Waals surface area contributed by atoms with Crippen molar-refractivity contribution in [1.29, 1.82) is 0 Å². The number of rotatable bonds is 10. The largest absolute Gasteiger partial charge is 0.387 e. The van der Waals surface area contributed by atoms with Gasteiger partial charge in [-0.3, -0.25) is 9.59 Å². The highest BCUT2D eigenvalue weighted by atomic mass is 16.3. The highest BCUT2D eigenvalue weighted by molar-refractivity contribution is 6.29. The van der Waals surface area contributed by atoms with Gasteiger partial charge >= 0.3 is 0 Å². The molecule has 0 aliphatic heterocycles. The van der Waals surface area contributed by atoms with Gasteiger partial charge in [0.1, 0.15) is 0 Å². The third-order valence-corrected chi connectivity index (χ3v) is 5.17. The van der Waals surface area contributed by atoms with Gasteiger partial charge < -0.3 is 32.3 Å². The molecule has 0 heterocycles. The van der Waals surface area contributed by atoms with Crippen molar-refractivity contribution in [3.05, 3.63) is 69.8 Å². The lowest BCUT2D eigenvalue weighted by atomic mass is 9.78. The van der Waals surface area contributed by atoms with Crippen molar-refractivity contribution >= 4 is 11.6 Å². The molecule has 0 saturated heterocycles. The minimum absolute atomic E-state index is 0.213. The zero-order valence-electron chi connectivity index (χ0n) is 16.7. The average molecular weight is 412 g/mol. The zero-order chi connectivity index (χ0) is 21.7. The molecule has 0 aromatic heterocycles. The standard InChI is InChI=1S/C22H28N4O4/c23-7-9-25-11-17(27)13-3-1-5-15-19(13)22(30)16-6-2-4-14(20(16)21(15)29)18(28)12-26-10-8-24/h1-6,17-18,25-28H,7-12,23-24H2. The van der Waals surface area contributed by atoms with Gasteiger partial charge in [-0.05, 0) is 11.1 Å². The van der Waals surface area contributed by atoms with Crippen LogP contribution in [0.1, 0.15) is 55.2 Å². The fraction of sp³-hybridized carbons (Fsp3) is 0.364. The molecule has 0 bridgehead atoms. The maximum Gasteiger partial charge on any atom is 0.194 e. The Kier molecular flexibility index (Phi) is 7.43. The van der Waals surface area contributed by atoms with E-state index in [1.807, 2.05) is 0 Å². The van der Waals surface area contributed by atoms with Crippen LogP contribution in [0.4, 0.5) is 0 Å². The Balaban J connectivity index is 1.99. The molecule has 8 nitrogen and oxygen atoms in total. The molecule has 0 radical (unpaired) electrons. The van der Waals surface area contributed by atoms with Crippen molar-refractivity contribution in [3.63, 3.8) is 0 Å². The number of carbonyl (C=O) groups is 2. The molecule has 8 heteroatoms. The summed E-state index contributed by atoms with van der Waals surface area (Å²) in [6, 6.07) is 9.77. The van der Waals surface area contributed by atoms with Gasteiger partial charge in [-0.1, -0.05) is 36.4 Å². The van der Waals surface area contributed by atoms with Gasteiger partial charge in [0, 0.05) is 61.5 Å². The van der Waals surface area contributed by atoms with E-state index in [0.29, 0.717) is 37.3 Å². The fourth-order valence-corrected chi connectivity index (χ4v) is 3.75. The van der Waals surface area contributed by atoms with E-state index in [0.717, 1.165) is 0 Å². The summed E-state index contributed by atoms with van der Waals surface area (Å²) in [5.74, 6) is -0.672. The minimum Gasteiger partial charge on any atom is -0.387 e. The van der Waals surface area contributed by atoms with Crippen LogP contribution in [0, 0.1) is 0 Å². The third kappa shape index (κ3) is 4.34. The Labute approximate surface area is 175 Å². The first-order valence-electron chi connectivity index (χ1n) is 10.0. The number of aliphatic hydroxyl groups excluding tert-OH is 2. The summed E-state index contributed by atoms with van der Waals surface area (Å²) in [7, 11) is 0. The summed E-state index contributed by atoms with van der Waals surface area (Å²) in [6.07, 6.45) is -1.92. The molecule has 0 spiro atoms. The van der Waals surface area contributed by atoms with Crippen LogP contribution >= 0.6 is 0 Å². The highest BCUT2D eigenvalue weighted by Crippen LogP contribution is 2.35. The number of benzene rings is 2. The first kappa shape index (κ1) is 22.2. The second kappa shape index (κ2) is 10.0. The summed E-state index contributed by atoms with van der Waals surface area (Å²) < 4.78 is 0. The lowest BCUT2D eigenvalue weighted by molar-refractivity contribution is 0.0967. The molecule has 0 saturated carbocycles. The van der Waals surface area contributed by atoms with Crippen molar-refractivity contribution < 1.29 is 19.8 Å². The number of carbonyl (C=O) groups excluding carboxylic acids is 2. The van der Waals surface area contributed by atoms with Crippen LogP contribution in [0.2, 0.25) is 0 Å². The first-order chi connectivity index (χ1) is 14.5. The summed E-state index contributed by atoms with van der Waals surface area (Å²) in [5.41, 5.74) is 12.6. The first-order valence-corrected chi connectivity index (χ1v) is 10.0. The van der Waals surface area contributed by atoms with E-state index >= 15 is 0 Å². The SMILES string of the molecule is NCCNCC(O)c1cccc2c1C(=O)c1cccc(C(O)CNCCN)c1C2=O. The number of nitrogens with one attached hydrogen (secondary N) is 2. The van der Waals surface area contributed by atoms with Crippen molar-refractivity contribution in [2.45, 2.75) is 12.2 Å². The predicted octanol–water partition coefficient (Wildman–Crippen LogP) is -0.375. The molecular weight excluding hydrogens is 384 g/mol. The maximum absolute atomic E-state index is 13.3. The summed E-state index contributed by atoms with van der Waals surface area (Å²) >= 11 is 0. The highest BCUT2D eigenvalue weighted by Gasteiger charge is 2.35. The normalized spacial score (nSPS) is 14.9. The topological polar surface area (TPSA) is 151 Å². The van der Waals surface area contributed by atoms with Crippen LogP contribution < -0.4 is 22.1 Å². The molecule has 8 N–H and O–H groups in total. The molecular formula is C22H28N4O4. The molecule has 2 unspecified atom stereocenters. The van der Waals surface area contributed by atoms with Crippen LogP contribution in [0.3, 0.4) is 0 Å². The Morgan fingerprint density at radius 1 is 0.733 bits per heavy atom. The number of hydrogen-bond donors (Lipinski definition) is 6. The lowest BCUT2D eigenvalue weighted by Crippen LogP contribution is -2.31. The van der Waals surface area contributed by atoms with E-state index in [4.69, 9.17) is 11.5 Å². The van der Waals surface area contributed by atoms with Crippen LogP contribution in [0.5, 0.6) is 0 Å². The van der Waals surface area contributed by atoms with Gasteiger partial charge in [-0.2, -0.15) is 0 Å².